The third-order valence-electron chi connectivity index (χ3n) is 3.24. The zero-order chi connectivity index (χ0) is 15.9. The molecule has 0 saturated carbocycles. The van der Waals surface area contributed by atoms with Crippen LogP contribution in [0.15, 0.2) is 30.3 Å². The van der Waals surface area contributed by atoms with Crippen molar-refractivity contribution >= 4 is 29.0 Å². The third kappa shape index (κ3) is 4.18. The molecule has 22 heavy (non-hydrogen) atoms. The number of aromatic nitrogens is 2. The highest BCUT2D eigenvalue weighted by Crippen LogP contribution is 2.25. The van der Waals surface area contributed by atoms with E-state index in [2.05, 4.69) is 27.8 Å². The molecule has 0 atom stereocenters. The number of amides is 1. The molecule has 0 fully saturated rings. The van der Waals surface area contributed by atoms with Crippen LogP contribution in [0.5, 0.6) is 0 Å². The van der Waals surface area contributed by atoms with Gasteiger partial charge < -0.3 is 10.6 Å². The topological polar surface area (TPSA) is 66.9 Å². The second-order valence-corrected chi connectivity index (χ2v) is 5.36. The summed E-state index contributed by atoms with van der Waals surface area (Å²) < 4.78 is 0. The van der Waals surface area contributed by atoms with Crippen molar-refractivity contribution < 1.29 is 4.79 Å². The molecular weight excluding hydrogens is 300 g/mol. The van der Waals surface area contributed by atoms with Gasteiger partial charge in [0.1, 0.15) is 0 Å². The van der Waals surface area contributed by atoms with E-state index in [9.17, 15) is 4.79 Å². The molecule has 1 aromatic carbocycles. The zero-order valence-corrected chi connectivity index (χ0v) is 13.4. The van der Waals surface area contributed by atoms with Gasteiger partial charge in [0.05, 0.1) is 0 Å². The van der Waals surface area contributed by atoms with Crippen LogP contribution in [-0.2, 0) is 0 Å². The van der Waals surface area contributed by atoms with Crippen LogP contribution in [-0.4, -0.2) is 22.6 Å². The fourth-order valence-electron chi connectivity index (χ4n) is 1.87. The van der Waals surface area contributed by atoms with Gasteiger partial charge in [-0.15, -0.1) is 10.2 Å². The van der Waals surface area contributed by atoms with Gasteiger partial charge in [-0.05, 0) is 43.2 Å². The molecule has 2 aromatic rings. The van der Waals surface area contributed by atoms with Crippen molar-refractivity contribution in [2.24, 2.45) is 0 Å². The standard InChI is InChI=1S/C16H19ClN4O/c1-3-4-10-18-16(22)14-8-9-15(21-20-14)19-13-7-5-6-12(17)11(13)2/h5-9H,3-4,10H2,1-2H3,(H,18,22)(H,19,21). The van der Waals surface area contributed by atoms with Crippen LogP contribution in [0.3, 0.4) is 0 Å². The predicted octanol–water partition coefficient (Wildman–Crippen LogP) is 3.71. The molecule has 0 aliphatic carbocycles. The second-order valence-electron chi connectivity index (χ2n) is 4.95. The second kappa shape index (κ2) is 7.75. The predicted molar refractivity (Wildman–Crippen MR) is 88.7 cm³/mol. The smallest absolute Gasteiger partial charge is 0.271 e. The Morgan fingerprint density at radius 3 is 2.73 bits per heavy atom. The van der Waals surface area contributed by atoms with Gasteiger partial charge in [0.2, 0.25) is 0 Å². The van der Waals surface area contributed by atoms with Crippen molar-refractivity contribution in [1.29, 1.82) is 0 Å². The van der Waals surface area contributed by atoms with E-state index in [4.69, 9.17) is 11.6 Å². The lowest BCUT2D eigenvalue weighted by Gasteiger charge is -2.09. The third-order valence-corrected chi connectivity index (χ3v) is 3.65. The number of nitrogens with zero attached hydrogens (tertiary/aromatic N) is 2. The first-order valence-electron chi connectivity index (χ1n) is 7.26. The Hall–Kier alpha value is -2.14. The van der Waals surface area contributed by atoms with Crippen molar-refractivity contribution in [3.8, 4) is 0 Å². The van der Waals surface area contributed by atoms with Gasteiger partial charge >= 0.3 is 0 Å². The molecule has 0 spiro atoms. The fourth-order valence-corrected chi connectivity index (χ4v) is 2.04. The molecule has 0 bridgehead atoms. The number of rotatable bonds is 6. The highest BCUT2D eigenvalue weighted by atomic mass is 35.5. The Kier molecular flexibility index (Phi) is 5.72. The molecule has 2 rings (SSSR count). The number of benzene rings is 1. The molecule has 0 aliphatic rings. The largest absolute Gasteiger partial charge is 0.351 e. The fraction of sp³-hybridized carbons (Fsp3) is 0.312. The summed E-state index contributed by atoms with van der Waals surface area (Å²) in [6.07, 6.45) is 1.99. The molecule has 0 radical (unpaired) electrons. The maximum absolute atomic E-state index is 11.8. The number of hydrogen-bond donors (Lipinski definition) is 2. The molecule has 2 N–H and O–H groups in total. The van der Waals surface area contributed by atoms with Gasteiger partial charge in [0.25, 0.3) is 5.91 Å². The SMILES string of the molecule is CCCCNC(=O)c1ccc(Nc2cccc(Cl)c2C)nn1. The normalized spacial score (nSPS) is 10.3. The molecule has 1 aromatic heterocycles. The van der Waals surface area contributed by atoms with E-state index in [1.807, 2.05) is 25.1 Å². The van der Waals surface area contributed by atoms with Gasteiger partial charge in [-0.25, -0.2) is 0 Å². The molecule has 0 saturated heterocycles. The van der Waals surface area contributed by atoms with Gasteiger partial charge in [-0.1, -0.05) is 31.0 Å². The summed E-state index contributed by atoms with van der Waals surface area (Å²) in [5.74, 6) is 0.363. The lowest BCUT2D eigenvalue weighted by molar-refractivity contribution is 0.0947. The van der Waals surface area contributed by atoms with Crippen molar-refractivity contribution in [2.45, 2.75) is 26.7 Å². The van der Waals surface area contributed by atoms with Crippen LogP contribution >= 0.6 is 11.6 Å². The van der Waals surface area contributed by atoms with Crippen LogP contribution in [0.25, 0.3) is 0 Å². The highest BCUT2D eigenvalue weighted by molar-refractivity contribution is 6.31. The Labute approximate surface area is 135 Å². The quantitative estimate of drug-likeness (QED) is 0.797. The molecule has 5 nitrogen and oxygen atoms in total. The van der Waals surface area contributed by atoms with E-state index in [-0.39, 0.29) is 5.91 Å². The minimum atomic E-state index is -0.202. The lowest BCUT2D eigenvalue weighted by atomic mass is 10.2. The maximum Gasteiger partial charge on any atom is 0.271 e. The summed E-state index contributed by atoms with van der Waals surface area (Å²) in [6.45, 7) is 4.65. The highest BCUT2D eigenvalue weighted by Gasteiger charge is 2.08. The van der Waals surface area contributed by atoms with Gasteiger partial charge in [0, 0.05) is 17.3 Å². The first-order valence-corrected chi connectivity index (χ1v) is 7.63. The number of halogens is 1. The van der Waals surface area contributed by atoms with Gasteiger partial charge in [0.15, 0.2) is 11.5 Å². The lowest BCUT2D eigenvalue weighted by Crippen LogP contribution is -2.25. The van der Waals surface area contributed by atoms with E-state index in [0.29, 0.717) is 23.1 Å². The minimum absolute atomic E-state index is 0.202. The molecule has 1 heterocycles. The van der Waals surface area contributed by atoms with Crippen molar-refractivity contribution in [3.05, 3.63) is 46.6 Å². The minimum Gasteiger partial charge on any atom is -0.351 e. The van der Waals surface area contributed by atoms with Crippen LogP contribution in [0.1, 0.15) is 35.8 Å². The molecule has 6 heteroatoms. The van der Waals surface area contributed by atoms with E-state index in [1.165, 1.54) is 0 Å². The Balaban J connectivity index is 2.03. The molecule has 0 aliphatic heterocycles. The number of carbonyl (C=O) groups excluding carboxylic acids is 1. The number of anilines is 2. The van der Waals surface area contributed by atoms with E-state index >= 15 is 0 Å². The molecule has 1 amide bonds. The van der Waals surface area contributed by atoms with Gasteiger partial charge in [-0.3, -0.25) is 4.79 Å². The van der Waals surface area contributed by atoms with Crippen LogP contribution < -0.4 is 10.6 Å². The van der Waals surface area contributed by atoms with Crippen LogP contribution in [0.4, 0.5) is 11.5 Å². The van der Waals surface area contributed by atoms with Crippen LogP contribution in [0.2, 0.25) is 5.02 Å². The first kappa shape index (κ1) is 16.2. The summed E-state index contributed by atoms with van der Waals surface area (Å²) in [5.41, 5.74) is 2.11. The Morgan fingerprint density at radius 1 is 1.23 bits per heavy atom. The number of hydrogen-bond acceptors (Lipinski definition) is 4. The van der Waals surface area contributed by atoms with Crippen molar-refractivity contribution in [2.75, 3.05) is 11.9 Å². The number of unbranched alkanes of at least 4 members (excludes halogenated alkanes) is 1. The molecule has 0 unspecified atom stereocenters. The monoisotopic (exact) mass is 318 g/mol. The average molecular weight is 319 g/mol. The van der Waals surface area contributed by atoms with E-state index in [0.717, 1.165) is 24.1 Å². The van der Waals surface area contributed by atoms with Crippen molar-refractivity contribution in [1.82, 2.24) is 15.5 Å². The Morgan fingerprint density at radius 2 is 2.05 bits per heavy atom. The maximum atomic E-state index is 11.8. The van der Waals surface area contributed by atoms with Crippen LogP contribution in [0, 0.1) is 6.92 Å². The summed E-state index contributed by atoms with van der Waals surface area (Å²) in [7, 11) is 0. The average Bonchev–Trinajstić information content (AvgIpc) is 2.53. The van der Waals surface area contributed by atoms with E-state index in [1.54, 1.807) is 12.1 Å². The molecular formula is C16H19ClN4O. The summed E-state index contributed by atoms with van der Waals surface area (Å²) in [6, 6.07) is 8.98. The van der Waals surface area contributed by atoms with E-state index < -0.39 is 0 Å². The summed E-state index contributed by atoms with van der Waals surface area (Å²) in [4.78, 5) is 11.8. The number of nitrogens with one attached hydrogen (secondary N) is 2. The van der Waals surface area contributed by atoms with Crippen molar-refractivity contribution in [3.63, 3.8) is 0 Å². The summed E-state index contributed by atoms with van der Waals surface area (Å²) in [5, 5.41) is 14.6. The van der Waals surface area contributed by atoms with Gasteiger partial charge in [-0.2, -0.15) is 0 Å². The zero-order valence-electron chi connectivity index (χ0n) is 12.7. The Bertz CT molecular complexity index is 643. The molecule has 116 valence electrons. The number of carbonyl (C=O) groups is 1. The first-order chi connectivity index (χ1) is 10.6. The summed E-state index contributed by atoms with van der Waals surface area (Å²) >= 11 is 6.08.